The molecule has 166 valence electrons. The summed E-state index contributed by atoms with van der Waals surface area (Å²) in [6, 6.07) is 10.5. The van der Waals surface area contributed by atoms with Crippen LogP contribution in [0.15, 0.2) is 30.3 Å². The van der Waals surface area contributed by atoms with E-state index in [1.54, 1.807) is 0 Å². The molecular formula is C26H47N2O+. The van der Waals surface area contributed by atoms with Crippen LogP contribution in [0.5, 0.6) is 0 Å². The van der Waals surface area contributed by atoms with Gasteiger partial charge in [0.05, 0.1) is 14.1 Å². The van der Waals surface area contributed by atoms with Crippen molar-refractivity contribution in [2.24, 2.45) is 5.92 Å². The van der Waals surface area contributed by atoms with Crippen molar-refractivity contribution >= 4 is 5.91 Å². The van der Waals surface area contributed by atoms with Gasteiger partial charge < -0.3 is 0 Å². The van der Waals surface area contributed by atoms with Crippen LogP contribution in [0.2, 0.25) is 0 Å². The molecule has 0 heterocycles. The van der Waals surface area contributed by atoms with Gasteiger partial charge in [-0.15, -0.1) is 0 Å². The van der Waals surface area contributed by atoms with Crippen LogP contribution in [-0.4, -0.2) is 31.1 Å². The minimum atomic E-state index is 0.0701. The van der Waals surface area contributed by atoms with Crippen molar-refractivity contribution in [3.63, 3.8) is 0 Å². The Morgan fingerprint density at radius 1 is 0.828 bits per heavy atom. The van der Waals surface area contributed by atoms with Gasteiger partial charge in [0.25, 0.3) is 5.91 Å². The summed E-state index contributed by atoms with van der Waals surface area (Å²) in [5, 5.41) is 0. The normalized spacial score (nSPS) is 12.7. The number of nitrogens with one attached hydrogen (secondary N) is 1. The van der Waals surface area contributed by atoms with E-state index in [1.807, 2.05) is 6.07 Å². The fraction of sp³-hybridized carbons (Fsp3) is 0.731. The summed E-state index contributed by atoms with van der Waals surface area (Å²) in [5.41, 5.74) is 4.53. The molecule has 0 aliphatic heterocycles. The van der Waals surface area contributed by atoms with Crippen molar-refractivity contribution in [2.45, 2.75) is 97.3 Å². The number of nitrogens with zero attached hydrogens (tertiary/aromatic N) is 1. The lowest BCUT2D eigenvalue weighted by Gasteiger charge is -2.30. The molecule has 0 aliphatic carbocycles. The van der Waals surface area contributed by atoms with Gasteiger partial charge in [0.2, 0.25) is 0 Å². The van der Waals surface area contributed by atoms with E-state index in [4.69, 9.17) is 0 Å². The molecule has 0 aromatic heterocycles. The van der Waals surface area contributed by atoms with Crippen molar-refractivity contribution < 1.29 is 9.39 Å². The van der Waals surface area contributed by atoms with Crippen LogP contribution >= 0.6 is 0 Å². The lowest BCUT2D eigenvalue weighted by Crippen LogP contribution is -2.56. The summed E-state index contributed by atoms with van der Waals surface area (Å²) in [5.74, 6) is 0.281. The quantitative estimate of drug-likeness (QED) is 0.175. The van der Waals surface area contributed by atoms with Crippen molar-refractivity contribution in [3.05, 3.63) is 35.9 Å². The average Bonchev–Trinajstić information content (AvgIpc) is 2.68. The van der Waals surface area contributed by atoms with E-state index in [2.05, 4.69) is 57.6 Å². The van der Waals surface area contributed by atoms with Crippen LogP contribution in [0, 0.1) is 5.92 Å². The smallest absolute Gasteiger partial charge is 0.268 e. The molecule has 0 saturated carbocycles. The van der Waals surface area contributed by atoms with Gasteiger partial charge in [0.1, 0.15) is 6.54 Å². The maximum atomic E-state index is 13.0. The summed E-state index contributed by atoms with van der Waals surface area (Å²) in [7, 11) is 4.17. The third-order valence-corrected chi connectivity index (χ3v) is 5.80. The van der Waals surface area contributed by atoms with E-state index in [0.29, 0.717) is 4.59 Å². The second kappa shape index (κ2) is 15.5. The predicted molar refractivity (Wildman–Crippen MR) is 126 cm³/mol. The van der Waals surface area contributed by atoms with E-state index >= 15 is 0 Å². The Balaban J connectivity index is 2.39. The minimum Gasteiger partial charge on any atom is -0.270 e. The Bertz CT molecular complexity index is 527. The number of hydrogen-bond donors (Lipinski definition) is 1. The third-order valence-electron chi connectivity index (χ3n) is 5.80. The van der Waals surface area contributed by atoms with Gasteiger partial charge in [-0.1, -0.05) is 108 Å². The Morgan fingerprint density at radius 3 is 1.93 bits per heavy atom. The first kappa shape index (κ1) is 25.7. The summed E-state index contributed by atoms with van der Waals surface area (Å²) in [6.45, 7) is 5.40. The Morgan fingerprint density at radius 2 is 1.38 bits per heavy atom. The minimum absolute atomic E-state index is 0.0701. The lowest BCUT2D eigenvalue weighted by molar-refractivity contribution is -0.925. The van der Waals surface area contributed by atoms with Crippen LogP contribution in [-0.2, 0) is 11.2 Å². The van der Waals surface area contributed by atoms with Crippen LogP contribution in [0.1, 0.15) is 96.5 Å². The molecule has 1 N–H and O–H groups in total. The molecule has 0 fully saturated rings. The number of benzene rings is 1. The molecule has 1 aromatic carbocycles. The summed E-state index contributed by atoms with van der Waals surface area (Å²) in [4.78, 5) is 13.0. The van der Waals surface area contributed by atoms with Gasteiger partial charge in [0, 0.05) is 5.92 Å². The van der Waals surface area contributed by atoms with Crippen LogP contribution in [0.4, 0.5) is 0 Å². The lowest BCUT2D eigenvalue weighted by atomic mass is 9.92. The van der Waals surface area contributed by atoms with Crippen LogP contribution in [0.25, 0.3) is 0 Å². The van der Waals surface area contributed by atoms with Gasteiger partial charge in [-0.05, 0) is 24.8 Å². The SMILES string of the molecule is CCCCCCCCCCCCC(Cc1ccccc1)C(=O)N[N+](C)(C)CCC. The van der Waals surface area contributed by atoms with Gasteiger partial charge in [-0.3, -0.25) is 4.79 Å². The van der Waals surface area contributed by atoms with E-state index in [0.717, 1.165) is 32.2 Å². The average molecular weight is 404 g/mol. The van der Waals surface area contributed by atoms with E-state index in [1.165, 1.54) is 63.4 Å². The number of carbonyl (C=O) groups is 1. The van der Waals surface area contributed by atoms with E-state index in [9.17, 15) is 4.79 Å². The molecule has 0 saturated heterocycles. The highest BCUT2D eigenvalue weighted by molar-refractivity contribution is 5.77. The van der Waals surface area contributed by atoms with E-state index < -0.39 is 0 Å². The van der Waals surface area contributed by atoms with Crippen molar-refractivity contribution in [1.82, 2.24) is 5.43 Å². The van der Waals surface area contributed by atoms with Crippen LogP contribution < -0.4 is 5.43 Å². The molecule has 0 spiro atoms. The molecule has 3 nitrogen and oxygen atoms in total. The molecule has 29 heavy (non-hydrogen) atoms. The molecule has 3 heteroatoms. The first-order valence-corrected chi connectivity index (χ1v) is 12.2. The first-order valence-electron chi connectivity index (χ1n) is 12.2. The zero-order valence-electron chi connectivity index (χ0n) is 19.7. The molecule has 1 aromatic rings. The van der Waals surface area contributed by atoms with Crippen LogP contribution in [0.3, 0.4) is 0 Å². The summed E-state index contributed by atoms with van der Waals surface area (Å²) >= 11 is 0. The van der Waals surface area contributed by atoms with Crippen molar-refractivity contribution in [3.8, 4) is 0 Å². The monoisotopic (exact) mass is 403 g/mol. The summed E-state index contributed by atoms with van der Waals surface area (Å²) < 4.78 is 0.568. The number of rotatable bonds is 17. The number of carbonyl (C=O) groups excluding carboxylic acids is 1. The molecule has 1 atom stereocenters. The second-order valence-corrected chi connectivity index (χ2v) is 9.24. The largest absolute Gasteiger partial charge is 0.270 e. The number of quaternary nitrogens is 1. The number of unbranched alkanes of at least 4 members (excludes halogenated alkanes) is 9. The Kier molecular flexibility index (Phi) is 13.7. The maximum absolute atomic E-state index is 13.0. The third kappa shape index (κ3) is 12.7. The highest BCUT2D eigenvalue weighted by atomic mass is 16.2. The molecule has 0 aliphatic rings. The zero-order chi connectivity index (χ0) is 21.4. The predicted octanol–water partition coefficient (Wildman–Crippen LogP) is 6.67. The standard InChI is InChI=1S/C26H46N2O/c1-5-7-8-9-10-11-12-13-14-18-21-25(23-24-19-16-15-17-20-24)26(29)27-28(3,4)22-6-2/h15-17,19-20,25H,5-14,18,21-23H2,1-4H3/p+1. The Hall–Kier alpha value is -1.35. The molecule has 1 rings (SSSR count). The molecule has 0 radical (unpaired) electrons. The molecule has 1 unspecified atom stereocenters. The molecular weight excluding hydrogens is 356 g/mol. The van der Waals surface area contributed by atoms with E-state index in [-0.39, 0.29) is 11.8 Å². The fourth-order valence-corrected chi connectivity index (χ4v) is 4.11. The molecule has 1 amide bonds. The van der Waals surface area contributed by atoms with Gasteiger partial charge in [-0.25, -0.2) is 10.0 Å². The van der Waals surface area contributed by atoms with Gasteiger partial charge in [0.15, 0.2) is 0 Å². The first-order chi connectivity index (χ1) is 14.0. The Labute approximate surface area is 180 Å². The maximum Gasteiger partial charge on any atom is 0.268 e. The van der Waals surface area contributed by atoms with Gasteiger partial charge in [-0.2, -0.15) is 0 Å². The highest BCUT2D eigenvalue weighted by Gasteiger charge is 2.25. The van der Waals surface area contributed by atoms with Crippen molar-refractivity contribution in [1.29, 1.82) is 0 Å². The number of amides is 1. The van der Waals surface area contributed by atoms with Crippen molar-refractivity contribution in [2.75, 3.05) is 20.6 Å². The second-order valence-electron chi connectivity index (χ2n) is 9.24. The topological polar surface area (TPSA) is 29.1 Å². The zero-order valence-corrected chi connectivity index (χ0v) is 19.7. The molecule has 0 bridgehead atoms. The number of hydrogen-bond acceptors (Lipinski definition) is 1. The van der Waals surface area contributed by atoms with Gasteiger partial charge >= 0.3 is 0 Å². The highest BCUT2D eigenvalue weighted by Crippen LogP contribution is 2.19. The summed E-state index contributed by atoms with van der Waals surface area (Å²) in [6.07, 6.45) is 16.2. The fourth-order valence-electron chi connectivity index (χ4n) is 4.11.